The van der Waals surface area contributed by atoms with E-state index in [1.165, 1.54) is 5.56 Å². The smallest absolute Gasteiger partial charge is 0.153 e. The summed E-state index contributed by atoms with van der Waals surface area (Å²) in [6.45, 7) is 9.28. The highest BCUT2D eigenvalue weighted by atomic mass is 15.3. The number of aromatic nitrogens is 3. The van der Waals surface area contributed by atoms with Crippen molar-refractivity contribution in [3.05, 3.63) is 41.9 Å². The molecular formula is C14H20N4. The molecule has 1 N–H and O–H groups in total. The van der Waals surface area contributed by atoms with Gasteiger partial charge in [0.2, 0.25) is 0 Å². The molecule has 2 heterocycles. The van der Waals surface area contributed by atoms with Crippen LogP contribution in [-0.2, 0) is 6.54 Å². The average molecular weight is 244 g/mol. The topological polar surface area (TPSA) is 42.7 Å². The van der Waals surface area contributed by atoms with E-state index >= 15 is 0 Å². The van der Waals surface area contributed by atoms with Crippen LogP contribution in [0.2, 0.25) is 0 Å². The summed E-state index contributed by atoms with van der Waals surface area (Å²) in [5.41, 5.74) is 2.32. The number of aryl methyl sites for hydroxylation is 1. The lowest BCUT2D eigenvalue weighted by Crippen LogP contribution is -2.35. The Morgan fingerprint density at radius 1 is 1.28 bits per heavy atom. The maximum absolute atomic E-state index is 4.36. The highest BCUT2D eigenvalue weighted by Gasteiger charge is 2.09. The fourth-order valence-electron chi connectivity index (χ4n) is 1.61. The second kappa shape index (κ2) is 4.90. The minimum Gasteiger partial charge on any atom is -0.308 e. The van der Waals surface area contributed by atoms with E-state index in [2.05, 4.69) is 42.2 Å². The van der Waals surface area contributed by atoms with E-state index in [-0.39, 0.29) is 5.54 Å². The molecule has 0 saturated heterocycles. The Balaban J connectivity index is 2.15. The number of pyridine rings is 1. The molecule has 4 nitrogen and oxygen atoms in total. The Bertz CT molecular complexity index is 523. The first kappa shape index (κ1) is 12.8. The van der Waals surface area contributed by atoms with Crippen LogP contribution >= 0.6 is 0 Å². The highest BCUT2D eigenvalue weighted by molar-refractivity contribution is 5.27. The normalized spacial score (nSPS) is 11.8. The van der Waals surface area contributed by atoms with Gasteiger partial charge in [0.15, 0.2) is 5.82 Å². The Morgan fingerprint density at radius 3 is 2.67 bits per heavy atom. The molecule has 0 aliphatic heterocycles. The molecule has 0 fully saturated rings. The van der Waals surface area contributed by atoms with Gasteiger partial charge in [0, 0.05) is 24.5 Å². The molecule has 0 aromatic carbocycles. The summed E-state index contributed by atoms with van der Waals surface area (Å²) in [7, 11) is 0. The van der Waals surface area contributed by atoms with Crippen molar-refractivity contribution in [2.75, 3.05) is 0 Å². The van der Waals surface area contributed by atoms with Crippen molar-refractivity contribution in [1.82, 2.24) is 20.1 Å². The van der Waals surface area contributed by atoms with E-state index in [1.807, 2.05) is 31.5 Å². The average Bonchev–Trinajstić information content (AvgIpc) is 2.73. The molecule has 0 atom stereocenters. The highest BCUT2D eigenvalue weighted by Crippen LogP contribution is 2.09. The maximum Gasteiger partial charge on any atom is 0.153 e. The molecule has 0 saturated carbocycles. The fourth-order valence-corrected chi connectivity index (χ4v) is 1.61. The summed E-state index contributed by atoms with van der Waals surface area (Å²) in [6, 6.07) is 6.06. The van der Waals surface area contributed by atoms with Crippen LogP contribution in [-0.4, -0.2) is 20.3 Å². The molecular weight excluding hydrogens is 224 g/mol. The molecule has 0 bridgehead atoms. The molecule has 0 radical (unpaired) electrons. The van der Waals surface area contributed by atoms with E-state index < -0.39 is 0 Å². The van der Waals surface area contributed by atoms with Gasteiger partial charge in [-0.15, -0.1) is 0 Å². The third kappa shape index (κ3) is 3.40. The number of nitrogens with zero attached hydrogens (tertiary/aromatic N) is 3. The molecule has 0 unspecified atom stereocenters. The van der Waals surface area contributed by atoms with Crippen molar-refractivity contribution < 1.29 is 0 Å². The molecule has 18 heavy (non-hydrogen) atoms. The molecule has 2 aromatic rings. The van der Waals surface area contributed by atoms with Gasteiger partial charge < -0.3 is 5.32 Å². The van der Waals surface area contributed by atoms with Gasteiger partial charge in [-0.05, 0) is 51.5 Å². The van der Waals surface area contributed by atoms with Gasteiger partial charge in [-0.3, -0.25) is 0 Å². The minimum atomic E-state index is 0.117. The third-order valence-electron chi connectivity index (χ3n) is 2.59. The van der Waals surface area contributed by atoms with E-state index in [0.717, 1.165) is 18.1 Å². The van der Waals surface area contributed by atoms with Gasteiger partial charge in [-0.25, -0.2) is 9.67 Å². The lowest BCUT2D eigenvalue weighted by atomic mass is 10.1. The van der Waals surface area contributed by atoms with Gasteiger partial charge in [-0.2, -0.15) is 5.10 Å². The van der Waals surface area contributed by atoms with Crippen LogP contribution in [0.1, 0.15) is 32.0 Å². The summed E-state index contributed by atoms with van der Waals surface area (Å²) >= 11 is 0. The predicted molar refractivity (Wildman–Crippen MR) is 72.7 cm³/mol. The van der Waals surface area contributed by atoms with Crippen molar-refractivity contribution in [1.29, 1.82) is 0 Å². The van der Waals surface area contributed by atoms with E-state index in [9.17, 15) is 0 Å². The summed E-state index contributed by atoms with van der Waals surface area (Å²) in [4.78, 5) is 4.34. The van der Waals surface area contributed by atoms with Crippen molar-refractivity contribution in [2.45, 2.75) is 39.8 Å². The molecule has 4 heteroatoms. The van der Waals surface area contributed by atoms with Crippen molar-refractivity contribution in [3.63, 3.8) is 0 Å². The lowest BCUT2D eigenvalue weighted by Gasteiger charge is -2.20. The molecule has 2 rings (SSSR count). The molecule has 0 amide bonds. The van der Waals surface area contributed by atoms with Crippen LogP contribution in [0.25, 0.3) is 5.82 Å². The van der Waals surface area contributed by atoms with Gasteiger partial charge in [0.25, 0.3) is 0 Å². The minimum absolute atomic E-state index is 0.117. The quantitative estimate of drug-likeness (QED) is 0.902. The fraction of sp³-hybridized carbons (Fsp3) is 0.429. The van der Waals surface area contributed by atoms with Gasteiger partial charge in [0.05, 0.1) is 5.69 Å². The molecule has 0 aliphatic rings. The zero-order chi connectivity index (χ0) is 13.2. The summed E-state index contributed by atoms with van der Waals surface area (Å²) in [5.74, 6) is 0.858. The number of nitrogens with one attached hydrogen (secondary N) is 1. The van der Waals surface area contributed by atoms with Crippen LogP contribution in [0.3, 0.4) is 0 Å². The second-order valence-electron chi connectivity index (χ2n) is 5.53. The Hall–Kier alpha value is -1.68. The summed E-state index contributed by atoms with van der Waals surface area (Å²) in [6.07, 6.45) is 3.75. The van der Waals surface area contributed by atoms with Crippen molar-refractivity contribution >= 4 is 0 Å². The first-order valence-corrected chi connectivity index (χ1v) is 6.17. The van der Waals surface area contributed by atoms with Crippen LogP contribution in [0.5, 0.6) is 0 Å². The zero-order valence-corrected chi connectivity index (χ0v) is 11.4. The Labute approximate surface area is 108 Å². The largest absolute Gasteiger partial charge is 0.308 e. The summed E-state index contributed by atoms with van der Waals surface area (Å²) < 4.78 is 1.80. The van der Waals surface area contributed by atoms with Crippen molar-refractivity contribution in [3.8, 4) is 5.82 Å². The van der Waals surface area contributed by atoms with Crippen molar-refractivity contribution in [2.24, 2.45) is 0 Å². The van der Waals surface area contributed by atoms with Gasteiger partial charge in [0.1, 0.15) is 0 Å². The second-order valence-corrected chi connectivity index (χ2v) is 5.53. The van der Waals surface area contributed by atoms with E-state index in [4.69, 9.17) is 0 Å². The number of hydrogen-bond donors (Lipinski definition) is 1. The molecule has 96 valence electrons. The van der Waals surface area contributed by atoms with Crippen LogP contribution in [0, 0.1) is 6.92 Å². The standard InChI is InChI=1S/C14H20N4/c1-11-6-8-18(17-11)13-9-12(5-7-15-13)10-16-14(2,3)4/h5-9,16H,10H2,1-4H3. The number of rotatable bonds is 3. The molecule has 2 aromatic heterocycles. The monoisotopic (exact) mass is 244 g/mol. The van der Waals surface area contributed by atoms with Crippen LogP contribution in [0.15, 0.2) is 30.6 Å². The van der Waals surface area contributed by atoms with E-state index in [1.54, 1.807) is 4.68 Å². The Kier molecular flexibility index (Phi) is 3.48. The van der Waals surface area contributed by atoms with Crippen LogP contribution in [0.4, 0.5) is 0 Å². The van der Waals surface area contributed by atoms with Gasteiger partial charge in [-0.1, -0.05) is 0 Å². The zero-order valence-electron chi connectivity index (χ0n) is 11.4. The first-order valence-electron chi connectivity index (χ1n) is 6.17. The Morgan fingerprint density at radius 2 is 2.06 bits per heavy atom. The molecule has 0 spiro atoms. The number of hydrogen-bond acceptors (Lipinski definition) is 3. The predicted octanol–water partition coefficient (Wildman–Crippen LogP) is 2.46. The summed E-state index contributed by atoms with van der Waals surface area (Å²) in [5, 5.41) is 7.83. The lowest BCUT2D eigenvalue weighted by molar-refractivity contribution is 0.424. The van der Waals surface area contributed by atoms with Crippen LogP contribution < -0.4 is 5.32 Å². The van der Waals surface area contributed by atoms with Gasteiger partial charge >= 0.3 is 0 Å². The maximum atomic E-state index is 4.36. The third-order valence-corrected chi connectivity index (χ3v) is 2.59. The van der Waals surface area contributed by atoms with E-state index in [0.29, 0.717) is 0 Å². The molecule has 0 aliphatic carbocycles. The first-order chi connectivity index (χ1) is 8.44. The SMILES string of the molecule is Cc1ccn(-c2cc(CNC(C)(C)C)ccn2)n1.